The lowest BCUT2D eigenvalue weighted by molar-refractivity contribution is -0.0522. The van der Waals surface area contributed by atoms with Crippen LogP contribution in [0.4, 0.5) is 13.2 Å². The Labute approximate surface area is 198 Å². The number of ether oxygens (including phenoxy) is 2. The Morgan fingerprint density at radius 1 is 1.26 bits per heavy atom. The van der Waals surface area contributed by atoms with Crippen LogP contribution in [0.5, 0.6) is 5.75 Å². The summed E-state index contributed by atoms with van der Waals surface area (Å²) in [5.41, 5.74) is 2.72. The van der Waals surface area contributed by atoms with Crippen molar-refractivity contribution in [1.82, 2.24) is 19.2 Å². The highest BCUT2D eigenvalue weighted by molar-refractivity contribution is 7.90. The fourth-order valence-corrected chi connectivity index (χ4v) is 4.70. The molecule has 0 amide bonds. The molecule has 0 fully saturated rings. The molecule has 12 heteroatoms. The minimum atomic E-state index is -3.18. The van der Waals surface area contributed by atoms with Crippen molar-refractivity contribution in [3.8, 4) is 16.9 Å². The summed E-state index contributed by atoms with van der Waals surface area (Å²) in [6.45, 7) is -2.55. The number of hydrogen-bond donors (Lipinski definition) is 0. The van der Waals surface area contributed by atoms with Crippen LogP contribution in [0.2, 0.25) is 0 Å². The fraction of sp³-hybridized carbons (Fsp3) is 0.304. The first-order valence-electron chi connectivity index (χ1n) is 10.8. The van der Waals surface area contributed by atoms with E-state index in [4.69, 9.17) is 9.47 Å². The summed E-state index contributed by atoms with van der Waals surface area (Å²) in [6, 6.07) is 7.67. The maximum absolute atomic E-state index is 15.1. The van der Waals surface area contributed by atoms with Gasteiger partial charge in [-0.1, -0.05) is 18.2 Å². The first-order chi connectivity index (χ1) is 16.7. The van der Waals surface area contributed by atoms with Crippen LogP contribution in [-0.2, 0) is 27.5 Å². The summed E-state index contributed by atoms with van der Waals surface area (Å²) in [7, 11) is -3.18. The Bertz CT molecular complexity index is 1500. The van der Waals surface area contributed by atoms with E-state index in [0.29, 0.717) is 41.2 Å². The van der Waals surface area contributed by atoms with Gasteiger partial charge in [-0.2, -0.15) is 13.9 Å². The standard InChI is InChI=1S/C23H21F3N4O4S/c1-35(31,32)9-7-29-12-14(11-27-29)16-13-30-20(10-17(16)24)28-18-6-8-33-22(21(18)30)15-4-2-3-5-19(15)34-23(25)26/h2-5,10-13,22-23H,6-9H2,1H3/t22-/m1/s1. The van der Waals surface area contributed by atoms with Gasteiger partial charge >= 0.3 is 6.61 Å². The number of benzene rings is 1. The normalized spacial score (nSPS) is 16.1. The summed E-state index contributed by atoms with van der Waals surface area (Å²) in [4.78, 5) is 4.54. The monoisotopic (exact) mass is 506 g/mol. The molecular weight excluding hydrogens is 485 g/mol. The van der Waals surface area contributed by atoms with Crippen LogP contribution >= 0.6 is 0 Å². The van der Waals surface area contributed by atoms with E-state index in [2.05, 4.69) is 10.1 Å². The Morgan fingerprint density at radius 3 is 2.83 bits per heavy atom. The number of halogens is 3. The van der Waals surface area contributed by atoms with Crippen LogP contribution in [0.3, 0.4) is 0 Å². The number of aryl methyl sites for hydroxylation is 1. The van der Waals surface area contributed by atoms with Gasteiger partial charge in [0.1, 0.15) is 33.2 Å². The van der Waals surface area contributed by atoms with E-state index >= 15 is 4.39 Å². The largest absolute Gasteiger partial charge is 0.434 e. The van der Waals surface area contributed by atoms with Crippen molar-refractivity contribution >= 4 is 15.5 Å². The third-order valence-electron chi connectivity index (χ3n) is 5.75. The van der Waals surface area contributed by atoms with Crippen LogP contribution in [0.25, 0.3) is 16.8 Å². The highest BCUT2D eigenvalue weighted by Gasteiger charge is 2.31. The van der Waals surface area contributed by atoms with Gasteiger partial charge in [-0.3, -0.25) is 9.08 Å². The van der Waals surface area contributed by atoms with E-state index < -0.39 is 28.4 Å². The molecule has 184 valence electrons. The van der Waals surface area contributed by atoms with Crippen molar-refractivity contribution in [2.24, 2.45) is 0 Å². The number of sulfone groups is 1. The second-order valence-corrected chi connectivity index (χ2v) is 10.5. The molecule has 0 saturated carbocycles. The van der Waals surface area contributed by atoms with E-state index in [-0.39, 0.29) is 23.6 Å². The number of fused-ring (bicyclic) bond motifs is 3. The molecule has 0 unspecified atom stereocenters. The predicted molar refractivity (Wildman–Crippen MR) is 121 cm³/mol. The van der Waals surface area contributed by atoms with E-state index in [1.54, 1.807) is 35.0 Å². The van der Waals surface area contributed by atoms with Crippen LogP contribution in [0.1, 0.15) is 23.1 Å². The summed E-state index contributed by atoms with van der Waals surface area (Å²) in [6.07, 6.45) is 5.45. The first-order valence-corrected chi connectivity index (χ1v) is 12.8. The molecule has 0 bridgehead atoms. The van der Waals surface area contributed by atoms with Crippen molar-refractivity contribution in [3.05, 3.63) is 71.7 Å². The average molecular weight is 507 g/mol. The molecule has 35 heavy (non-hydrogen) atoms. The van der Waals surface area contributed by atoms with E-state index in [9.17, 15) is 17.2 Å². The molecule has 0 spiro atoms. The van der Waals surface area contributed by atoms with Gasteiger partial charge in [-0.05, 0) is 6.07 Å². The van der Waals surface area contributed by atoms with Crippen molar-refractivity contribution in [1.29, 1.82) is 0 Å². The Balaban J connectivity index is 1.58. The maximum Gasteiger partial charge on any atom is 0.387 e. The molecule has 4 heterocycles. The van der Waals surface area contributed by atoms with Gasteiger partial charge < -0.3 is 9.47 Å². The zero-order valence-corrected chi connectivity index (χ0v) is 19.4. The van der Waals surface area contributed by atoms with Crippen molar-refractivity contribution in [2.45, 2.75) is 25.7 Å². The molecule has 3 aromatic heterocycles. The van der Waals surface area contributed by atoms with Gasteiger partial charge in [0, 0.05) is 47.8 Å². The summed E-state index contributed by atoms with van der Waals surface area (Å²) in [5, 5.41) is 4.14. The second-order valence-electron chi connectivity index (χ2n) is 8.25. The molecule has 1 aliphatic heterocycles. The van der Waals surface area contributed by atoms with Gasteiger partial charge in [0.25, 0.3) is 0 Å². The highest BCUT2D eigenvalue weighted by atomic mass is 32.2. The number of hydrogen-bond acceptors (Lipinski definition) is 6. The molecule has 1 atom stereocenters. The lowest BCUT2D eigenvalue weighted by Gasteiger charge is -2.25. The number of alkyl halides is 2. The number of imidazole rings is 1. The molecule has 0 saturated heterocycles. The molecule has 8 nitrogen and oxygen atoms in total. The summed E-state index contributed by atoms with van der Waals surface area (Å²) < 4.78 is 77.8. The number of para-hydroxylation sites is 1. The lowest BCUT2D eigenvalue weighted by atomic mass is 10.0. The number of aromatic nitrogens is 4. The smallest absolute Gasteiger partial charge is 0.387 e. The Hall–Kier alpha value is -3.38. The van der Waals surface area contributed by atoms with Crippen LogP contribution in [-0.4, -0.2) is 52.8 Å². The molecule has 0 radical (unpaired) electrons. The van der Waals surface area contributed by atoms with Crippen molar-refractivity contribution in [2.75, 3.05) is 18.6 Å². The number of pyridine rings is 1. The fourth-order valence-electron chi connectivity index (χ4n) is 4.18. The molecule has 0 aliphatic carbocycles. The van der Waals surface area contributed by atoms with Crippen LogP contribution in [0.15, 0.2) is 48.9 Å². The van der Waals surface area contributed by atoms with E-state index in [1.165, 1.54) is 23.0 Å². The van der Waals surface area contributed by atoms with Crippen LogP contribution in [0, 0.1) is 5.82 Å². The van der Waals surface area contributed by atoms with E-state index in [1.807, 2.05) is 0 Å². The van der Waals surface area contributed by atoms with Gasteiger partial charge in [-0.15, -0.1) is 0 Å². The highest BCUT2D eigenvalue weighted by Crippen LogP contribution is 2.39. The summed E-state index contributed by atoms with van der Waals surface area (Å²) in [5.74, 6) is -0.629. The molecule has 5 rings (SSSR count). The van der Waals surface area contributed by atoms with Crippen molar-refractivity contribution < 1.29 is 31.1 Å². The molecule has 1 aliphatic rings. The number of nitrogens with zero attached hydrogens (tertiary/aromatic N) is 4. The van der Waals surface area contributed by atoms with Gasteiger partial charge in [0.2, 0.25) is 0 Å². The third kappa shape index (κ3) is 4.76. The first kappa shape index (κ1) is 23.4. The molecule has 0 N–H and O–H groups in total. The Morgan fingerprint density at radius 2 is 2.06 bits per heavy atom. The maximum atomic E-state index is 15.1. The zero-order valence-electron chi connectivity index (χ0n) is 18.6. The number of rotatable bonds is 7. The molecular formula is C23H21F3N4O4S. The second kappa shape index (κ2) is 9.00. The predicted octanol–water partition coefficient (Wildman–Crippen LogP) is 3.65. The Kier molecular flexibility index (Phi) is 6.01. The van der Waals surface area contributed by atoms with Gasteiger partial charge in [0.05, 0.1) is 36.5 Å². The quantitative estimate of drug-likeness (QED) is 0.380. The topological polar surface area (TPSA) is 87.7 Å². The minimum Gasteiger partial charge on any atom is -0.434 e. The summed E-state index contributed by atoms with van der Waals surface area (Å²) >= 11 is 0. The van der Waals surface area contributed by atoms with Crippen LogP contribution < -0.4 is 4.74 Å². The SMILES string of the molecule is CS(=O)(=O)CCn1cc(-c2cn3c4c(nc3cc2F)CCO[C@@H]4c2ccccc2OC(F)F)cn1. The van der Waals surface area contributed by atoms with Gasteiger partial charge in [0.15, 0.2) is 0 Å². The van der Waals surface area contributed by atoms with Gasteiger partial charge in [-0.25, -0.2) is 17.8 Å². The molecule has 1 aromatic carbocycles. The lowest BCUT2D eigenvalue weighted by Crippen LogP contribution is -2.20. The molecule has 4 aromatic rings. The minimum absolute atomic E-state index is 0.00946. The zero-order chi connectivity index (χ0) is 24.7. The van der Waals surface area contributed by atoms with Crippen molar-refractivity contribution in [3.63, 3.8) is 0 Å². The third-order valence-corrected chi connectivity index (χ3v) is 6.67. The average Bonchev–Trinajstić information content (AvgIpc) is 3.40. The van der Waals surface area contributed by atoms with E-state index in [0.717, 1.165) is 6.26 Å².